The number of rotatable bonds is 6. The van der Waals surface area contributed by atoms with Crippen molar-refractivity contribution in [2.75, 3.05) is 19.8 Å². The zero-order valence-corrected chi connectivity index (χ0v) is 9.87. The summed E-state index contributed by atoms with van der Waals surface area (Å²) in [7, 11) is 0. The average molecular weight is 213 g/mol. The Morgan fingerprint density at radius 3 is 2.80 bits per heavy atom. The van der Waals surface area contributed by atoms with Crippen LogP contribution in [0, 0.1) is 5.92 Å². The van der Waals surface area contributed by atoms with Crippen LogP contribution in [0.15, 0.2) is 0 Å². The van der Waals surface area contributed by atoms with Crippen molar-refractivity contribution in [1.29, 1.82) is 0 Å². The van der Waals surface area contributed by atoms with Gasteiger partial charge in [0.1, 0.15) is 0 Å². The van der Waals surface area contributed by atoms with E-state index in [1.807, 2.05) is 0 Å². The fourth-order valence-electron chi connectivity index (χ4n) is 2.94. The Kier molecular flexibility index (Phi) is 4.00. The molecule has 0 aliphatic carbocycles. The van der Waals surface area contributed by atoms with E-state index >= 15 is 0 Å². The van der Waals surface area contributed by atoms with E-state index in [1.165, 1.54) is 19.3 Å². The van der Waals surface area contributed by atoms with Crippen LogP contribution in [-0.4, -0.2) is 38.0 Å². The van der Waals surface area contributed by atoms with Gasteiger partial charge in [-0.3, -0.25) is 0 Å². The lowest BCUT2D eigenvalue weighted by Crippen LogP contribution is -2.43. The molecule has 0 aromatic rings. The third kappa shape index (κ3) is 2.52. The van der Waals surface area contributed by atoms with Gasteiger partial charge in [0.05, 0.1) is 18.8 Å². The third-order valence-corrected chi connectivity index (χ3v) is 3.64. The van der Waals surface area contributed by atoms with Gasteiger partial charge in [0.2, 0.25) is 0 Å². The minimum Gasteiger partial charge on any atom is -0.380 e. The molecule has 2 aliphatic heterocycles. The molecule has 88 valence electrons. The molecule has 2 heterocycles. The van der Waals surface area contributed by atoms with E-state index in [1.54, 1.807) is 0 Å². The van der Waals surface area contributed by atoms with E-state index in [9.17, 15) is 0 Å². The Morgan fingerprint density at radius 1 is 1.40 bits per heavy atom. The van der Waals surface area contributed by atoms with E-state index in [0.717, 1.165) is 19.8 Å². The maximum Gasteiger partial charge on any atom is 0.0624 e. The van der Waals surface area contributed by atoms with Crippen molar-refractivity contribution in [1.82, 2.24) is 5.32 Å². The lowest BCUT2D eigenvalue weighted by molar-refractivity contribution is 0.0614. The molecule has 2 bridgehead atoms. The highest BCUT2D eigenvalue weighted by atomic mass is 16.5. The van der Waals surface area contributed by atoms with Gasteiger partial charge in [-0.25, -0.2) is 0 Å². The van der Waals surface area contributed by atoms with E-state index in [0.29, 0.717) is 24.2 Å². The Morgan fingerprint density at radius 2 is 2.27 bits per heavy atom. The van der Waals surface area contributed by atoms with Crippen molar-refractivity contribution >= 4 is 0 Å². The first-order chi connectivity index (χ1) is 7.35. The van der Waals surface area contributed by atoms with Gasteiger partial charge in [0, 0.05) is 18.6 Å². The molecule has 4 unspecified atom stereocenters. The number of fused-ring (bicyclic) bond motifs is 2. The highest BCUT2D eigenvalue weighted by Crippen LogP contribution is 2.40. The fourth-order valence-corrected chi connectivity index (χ4v) is 2.94. The summed E-state index contributed by atoms with van der Waals surface area (Å²) < 4.78 is 11.4. The van der Waals surface area contributed by atoms with Gasteiger partial charge in [-0.05, 0) is 32.7 Å². The monoisotopic (exact) mass is 213 g/mol. The fraction of sp³-hybridized carbons (Fsp3) is 1.00. The number of nitrogens with one attached hydrogen (secondary N) is 1. The van der Waals surface area contributed by atoms with Crippen LogP contribution in [0.25, 0.3) is 0 Å². The highest BCUT2D eigenvalue weighted by Gasteiger charge is 2.44. The molecule has 1 N–H and O–H groups in total. The molecule has 2 aliphatic rings. The summed E-state index contributed by atoms with van der Waals surface area (Å²) in [6.07, 6.45) is 4.80. The van der Waals surface area contributed by atoms with Crippen LogP contribution in [0.3, 0.4) is 0 Å². The van der Waals surface area contributed by atoms with Crippen molar-refractivity contribution in [2.24, 2.45) is 5.92 Å². The van der Waals surface area contributed by atoms with Gasteiger partial charge < -0.3 is 14.8 Å². The van der Waals surface area contributed by atoms with Crippen LogP contribution < -0.4 is 5.32 Å². The summed E-state index contributed by atoms with van der Waals surface area (Å²) >= 11 is 0. The first-order valence-corrected chi connectivity index (χ1v) is 6.31. The Bertz CT molecular complexity index is 198. The van der Waals surface area contributed by atoms with Gasteiger partial charge in [-0.1, -0.05) is 6.92 Å². The second-order valence-corrected chi connectivity index (χ2v) is 4.60. The van der Waals surface area contributed by atoms with Crippen molar-refractivity contribution < 1.29 is 9.47 Å². The molecular weight excluding hydrogens is 190 g/mol. The van der Waals surface area contributed by atoms with Crippen LogP contribution in [0.2, 0.25) is 0 Å². The first kappa shape index (κ1) is 11.4. The average Bonchev–Trinajstić information content (AvgIpc) is 2.85. The van der Waals surface area contributed by atoms with Crippen molar-refractivity contribution in [3.8, 4) is 0 Å². The van der Waals surface area contributed by atoms with E-state index in [2.05, 4.69) is 19.2 Å². The van der Waals surface area contributed by atoms with Gasteiger partial charge >= 0.3 is 0 Å². The van der Waals surface area contributed by atoms with Gasteiger partial charge in [-0.15, -0.1) is 0 Å². The van der Waals surface area contributed by atoms with Gasteiger partial charge in [0.25, 0.3) is 0 Å². The molecule has 3 heteroatoms. The summed E-state index contributed by atoms with van der Waals surface area (Å²) in [5, 5.41) is 3.54. The van der Waals surface area contributed by atoms with E-state index in [-0.39, 0.29) is 0 Å². The van der Waals surface area contributed by atoms with Crippen LogP contribution in [0.1, 0.15) is 33.1 Å². The van der Waals surface area contributed by atoms with Gasteiger partial charge in [-0.2, -0.15) is 0 Å². The molecular formula is C12H23NO2. The molecule has 3 nitrogen and oxygen atoms in total. The van der Waals surface area contributed by atoms with Crippen LogP contribution in [0.5, 0.6) is 0 Å². The molecule has 2 rings (SSSR count). The zero-order chi connectivity index (χ0) is 10.7. The first-order valence-electron chi connectivity index (χ1n) is 6.31. The number of hydrogen-bond donors (Lipinski definition) is 1. The topological polar surface area (TPSA) is 30.5 Å². The predicted octanol–water partition coefficient (Wildman–Crippen LogP) is 1.57. The molecule has 0 radical (unpaired) electrons. The second kappa shape index (κ2) is 5.28. The summed E-state index contributed by atoms with van der Waals surface area (Å²) in [5.41, 5.74) is 0. The maximum atomic E-state index is 5.90. The largest absolute Gasteiger partial charge is 0.380 e. The van der Waals surface area contributed by atoms with Crippen molar-refractivity contribution in [3.63, 3.8) is 0 Å². The highest BCUT2D eigenvalue weighted by molar-refractivity contribution is 4.95. The SMILES string of the molecule is CCNC(COCC)C1CC2CCC1O2. The quantitative estimate of drug-likeness (QED) is 0.726. The smallest absolute Gasteiger partial charge is 0.0624 e. The minimum atomic E-state index is 0.491. The van der Waals surface area contributed by atoms with Crippen LogP contribution in [0.4, 0.5) is 0 Å². The molecule has 2 saturated heterocycles. The molecule has 0 aromatic carbocycles. The van der Waals surface area contributed by atoms with Gasteiger partial charge in [0.15, 0.2) is 0 Å². The predicted molar refractivity (Wildman–Crippen MR) is 60.0 cm³/mol. The zero-order valence-electron chi connectivity index (χ0n) is 9.87. The van der Waals surface area contributed by atoms with Crippen LogP contribution in [-0.2, 0) is 9.47 Å². The minimum absolute atomic E-state index is 0.491. The van der Waals surface area contributed by atoms with E-state index < -0.39 is 0 Å². The number of hydrogen-bond acceptors (Lipinski definition) is 3. The Labute approximate surface area is 92.5 Å². The van der Waals surface area contributed by atoms with E-state index in [4.69, 9.17) is 9.47 Å². The normalized spacial score (nSPS) is 36.0. The molecule has 0 saturated carbocycles. The second-order valence-electron chi connectivity index (χ2n) is 4.60. The molecule has 0 amide bonds. The lowest BCUT2D eigenvalue weighted by Gasteiger charge is -2.28. The number of likely N-dealkylation sites (N-methyl/N-ethyl adjacent to an activating group) is 1. The summed E-state index contributed by atoms with van der Waals surface area (Å²) in [6.45, 7) is 6.88. The van der Waals surface area contributed by atoms with Crippen LogP contribution >= 0.6 is 0 Å². The van der Waals surface area contributed by atoms with Crippen molar-refractivity contribution in [3.05, 3.63) is 0 Å². The Hall–Kier alpha value is -0.120. The summed E-state index contributed by atoms with van der Waals surface area (Å²) in [4.78, 5) is 0. The Balaban J connectivity index is 1.86. The standard InChI is InChI=1S/C12H23NO2/c1-3-13-11(8-14-4-2)10-7-9-5-6-12(10)15-9/h9-13H,3-8H2,1-2H3. The molecule has 2 fully saturated rings. The molecule has 15 heavy (non-hydrogen) atoms. The van der Waals surface area contributed by atoms with Crippen molar-refractivity contribution in [2.45, 2.75) is 51.4 Å². The molecule has 0 spiro atoms. The molecule has 4 atom stereocenters. The number of ether oxygens (including phenoxy) is 2. The summed E-state index contributed by atoms with van der Waals surface area (Å²) in [6, 6.07) is 0.491. The summed E-state index contributed by atoms with van der Waals surface area (Å²) in [5.74, 6) is 0.676. The third-order valence-electron chi connectivity index (χ3n) is 3.64. The maximum absolute atomic E-state index is 5.90. The molecule has 0 aromatic heterocycles. The lowest BCUT2D eigenvalue weighted by atomic mass is 9.84.